The van der Waals surface area contributed by atoms with Gasteiger partial charge in [0.05, 0.1) is 29.1 Å². The molecular formula is C52H54N6O8S3. The number of thioether (sulfide) groups is 3. The third-order valence-corrected chi connectivity index (χ3v) is 14.6. The molecule has 358 valence electrons. The number of carboxylic acid groups (broad SMARTS) is 1. The van der Waals surface area contributed by atoms with Gasteiger partial charge in [-0.25, -0.2) is 9.78 Å². The molecule has 0 fully saturated rings. The average molecular weight is 987 g/mol. The van der Waals surface area contributed by atoms with Gasteiger partial charge in [0, 0.05) is 36.7 Å². The second-order valence-electron chi connectivity index (χ2n) is 15.9. The molecule has 0 radical (unpaired) electrons. The second-order valence-corrected chi connectivity index (χ2v) is 19.1. The largest absolute Gasteiger partial charge is 0.505 e. The van der Waals surface area contributed by atoms with Gasteiger partial charge in [0.15, 0.2) is 5.69 Å². The molecule has 69 heavy (non-hydrogen) atoms. The van der Waals surface area contributed by atoms with Crippen molar-refractivity contribution >= 4 is 81.7 Å². The number of likely N-dealkylation sites (N-methyl/N-ethyl adjacent to an activating group) is 2. The monoisotopic (exact) mass is 986 g/mol. The molecule has 0 spiro atoms. The Morgan fingerprint density at radius 3 is 1.80 bits per heavy atom. The summed E-state index contributed by atoms with van der Waals surface area (Å²) in [7, 11) is 2.76. The number of para-hydroxylation sites is 1. The van der Waals surface area contributed by atoms with Crippen LogP contribution in [0.2, 0.25) is 0 Å². The molecule has 1 aromatic heterocycles. The summed E-state index contributed by atoms with van der Waals surface area (Å²) in [5.41, 5.74) is 3.68. The number of hydrogen-bond acceptors (Lipinski definition) is 11. The predicted molar refractivity (Wildman–Crippen MR) is 274 cm³/mol. The Balaban J connectivity index is 1.26. The molecule has 0 bridgehead atoms. The van der Waals surface area contributed by atoms with Crippen molar-refractivity contribution in [1.82, 2.24) is 30.7 Å². The van der Waals surface area contributed by atoms with Crippen LogP contribution in [0.5, 0.6) is 5.75 Å². The second kappa shape index (κ2) is 25.0. The summed E-state index contributed by atoms with van der Waals surface area (Å²) >= 11 is 3.82. The number of aliphatic carboxylic acids is 1. The van der Waals surface area contributed by atoms with Crippen LogP contribution >= 0.6 is 35.3 Å². The number of carbonyl (C=O) groups excluding carboxylic acids is 5. The zero-order valence-corrected chi connectivity index (χ0v) is 40.8. The first-order chi connectivity index (χ1) is 33.3. The number of amides is 5. The molecule has 6 aromatic rings. The SMILES string of the molecule is CSC[C@@H](C(=O)O)N(C)C(=O)[C@H](CSCNC(=O)Cc1ccccc1)N(C)C(=O)CNC(=O)[C@@H](CSC(c1ccccc1)(c1ccccc1)c1ccccc1)NC(=O)c1nc2ccccc2cc1O. The standard InChI is InChI=1S/C52H54N6O8S3/c1-57(42(50(64)58(2)43(32-67-3)51(65)66)33-68-34-54-45(60)28-35-18-8-4-9-19-35)46(61)30-53-48(62)41(56-49(63)47-44(59)29-36-20-16-17-27-40(36)55-47)31-69-52(37-21-10-5-11-22-37,38-23-12-6-13-24-38)39-25-14-7-15-26-39/h4-27,29,41-43,59H,28,30-34H2,1-3H3,(H,53,62)(H,54,60)(H,56,63)(H,65,66)/t41-,42+,43+/m1/s1. The average Bonchev–Trinajstić information content (AvgIpc) is 3.37. The lowest BCUT2D eigenvalue weighted by Crippen LogP contribution is -2.56. The van der Waals surface area contributed by atoms with E-state index in [1.807, 2.05) is 121 Å². The minimum Gasteiger partial charge on any atom is -0.505 e. The van der Waals surface area contributed by atoms with Crippen molar-refractivity contribution in [2.45, 2.75) is 29.3 Å². The quantitative estimate of drug-likeness (QED) is 0.0284. The van der Waals surface area contributed by atoms with Gasteiger partial charge in [0.1, 0.15) is 23.9 Å². The third-order valence-electron chi connectivity index (χ3n) is 11.4. The fourth-order valence-corrected chi connectivity index (χ4v) is 10.8. The summed E-state index contributed by atoms with van der Waals surface area (Å²) in [6.45, 7) is -0.605. The van der Waals surface area contributed by atoms with Crippen molar-refractivity contribution in [3.05, 3.63) is 180 Å². The van der Waals surface area contributed by atoms with Crippen LogP contribution < -0.4 is 16.0 Å². The van der Waals surface area contributed by atoms with Crippen molar-refractivity contribution in [2.75, 3.05) is 50.0 Å². The van der Waals surface area contributed by atoms with Gasteiger partial charge in [-0.1, -0.05) is 140 Å². The number of fused-ring (bicyclic) bond motifs is 1. The van der Waals surface area contributed by atoms with Crippen molar-refractivity contribution in [3.8, 4) is 5.75 Å². The van der Waals surface area contributed by atoms with Crippen LogP contribution in [0.1, 0.15) is 32.7 Å². The molecule has 0 aliphatic carbocycles. The molecule has 5 N–H and O–H groups in total. The Morgan fingerprint density at radius 1 is 0.681 bits per heavy atom. The van der Waals surface area contributed by atoms with Gasteiger partial charge >= 0.3 is 5.97 Å². The fraction of sp³-hybridized carbons (Fsp3) is 0.250. The van der Waals surface area contributed by atoms with Gasteiger partial charge < -0.3 is 36.0 Å². The Morgan fingerprint density at radius 2 is 1.23 bits per heavy atom. The summed E-state index contributed by atoms with van der Waals surface area (Å²) in [4.78, 5) is 88.5. The normalized spacial score (nSPS) is 12.5. The summed E-state index contributed by atoms with van der Waals surface area (Å²) in [5.74, 6) is -4.60. The summed E-state index contributed by atoms with van der Waals surface area (Å²) in [5, 5.41) is 29.9. The van der Waals surface area contributed by atoms with Gasteiger partial charge in [-0.3, -0.25) is 24.0 Å². The van der Waals surface area contributed by atoms with Crippen LogP contribution in [0, 0.1) is 0 Å². The van der Waals surface area contributed by atoms with E-state index in [0.717, 1.165) is 32.1 Å². The van der Waals surface area contributed by atoms with E-state index in [4.69, 9.17) is 0 Å². The molecule has 14 nitrogen and oxygen atoms in total. The molecule has 1 heterocycles. The maximum atomic E-state index is 14.5. The maximum Gasteiger partial charge on any atom is 0.327 e. The number of aromatic nitrogens is 1. The van der Waals surface area contributed by atoms with Crippen LogP contribution in [0.3, 0.4) is 0 Å². The maximum absolute atomic E-state index is 14.5. The number of nitrogens with one attached hydrogen (secondary N) is 3. The summed E-state index contributed by atoms with van der Waals surface area (Å²) < 4.78 is -0.908. The first-order valence-electron chi connectivity index (χ1n) is 21.9. The highest BCUT2D eigenvalue weighted by Crippen LogP contribution is 2.48. The fourth-order valence-electron chi connectivity index (χ4n) is 7.63. The van der Waals surface area contributed by atoms with Crippen molar-refractivity contribution in [2.24, 2.45) is 0 Å². The highest BCUT2D eigenvalue weighted by atomic mass is 32.2. The van der Waals surface area contributed by atoms with Crippen molar-refractivity contribution < 1.29 is 39.0 Å². The van der Waals surface area contributed by atoms with Crippen LogP contribution in [0.4, 0.5) is 0 Å². The zero-order chi connectivity index (χ0) is 49.3. The van der Waals surface area contributed by atoms with E-state index in [0.29, 0.717) is 10.9 Å². The minimum atomic E-state index is -1.31. The molecule has 3 atom stereocenters. The zero-order valence-electron chi connectivity index (χ0n) is 38.3. The third kappa shape index (κ3) is 13.2. The van der Waals surface area contributed by atoms with E-state index in [1.165, 1.54) is 55.4 Å². The topological polar surface area (TPSA) is 198 Å². The first-order valence-corrected chi connectivity index (χ1v) is 25.5. The van der Waals surface area contributed by atoms with Gasteiger partial charge in [-0.2, -0.15) is 11.8 Å². The number of nitrogens with zero attached hydrogens (tertiary/aromatic N) is 3. The minimum absolute atomic E-state index is 0.0191. The van der Waals surface area contributed by atoms with E-state index in [1.54, 1.807) is 30.5 Å². The molecule has 0 aliphatic rings. The lowest BCUT2D eigenvalue weighted by atomic mass is 9.84. The molecule has 0 saturated carbocycles. The number of pyridine rings is 1. The van der Waals surface area contributed by atoms with E-state index in [9.17, 15) is 39.0 Å². The molecule has 6 rings (SSSR count). The molecule has 0 unspecified atom stereocenters. The van der Waals surface area contributed by atoms with Gasteiger partial charge in [-0.15, -0.1) is 23.5 Å². The van der Waals surface area contributed by atoms with Crippen LogP contribution in [0.25, 0.3) is 10.9 Å². The molecule has 0 aliphatic heterocycles. The first kappa shape index (κ1) is 51.6. The Kier molecular flexibility index (Phi) is 18.7. The van der Waals surface area contributed by atoms with E-state index in [-0.39, 0.29) is 46.9 Å². The van der Waals surface area contributed by atoms with E-state index >= 15 is 0 Å². The van der Waals surface area contributed by atoms with Crippen molar-refractivity contribution in [1.29, 1.82) is 0 Å². The number of rotatable bonds is 23. The molecule has 0 saturated heterocycles. The van der Waals surface area contributed by atoms with E-state index in [2.05, 4.69) is 20.9 Å². The van der Waals surface area contributed by atoms with Gasteiger partial charge in [0.2, 0.25) is 23.6 Å². The Labute approximate surface area is 414 Å². The Bertz CT molecular complexity index is 2610. The van der Waals surface area contributed by atoms with Gasteiger partial charge in [-0.05, 0) is 40.6 Å². The molecule has 5 aromatic carbocycles. The smallest absolute Gasteiger partial charge is 0.327 e. The number of benzene rings is 5. The number of aromatic hydroxyl groups is 1. The number of hydrogen-bond donors (Lipinski definition) is 5. The molecule has 17 heteroatoms. The van der Waals surface area contributed by atoms with Crippen LogP contribution in [-0.2, 0) is 35.1 Å². The lowest BCUT2D eigenvalue weighted by Gasteiger charge is -2.36. The number of carbonyl (C=O) groups is 6. The molecule has 5 amide bonds. The van der Waals surface area contributed by atoms with Gasteiger partial charge in [0.25, 0.3) is 5.91 Å². The number of carboxylic acids is 1. The lowest BCUT2D eigenvalue weighted by molar-refractivity contribution is -0.151. The highest BCUT2D eigenvalue weighted by Gasteiger charge is 2.40. The van der Waals surface area contributed by atoms with E-state index < -0.39 is 59.0 Å². The molecular weight excluding hydrogens is 933 g/mol. The highest BCUT2D eigenvalue weighted by molar-refractivity contribution is 8.00. The Hall–Kier alpha value is -6.82. The summed E-state index contributed by atoms with van der Waals surface area (Å²) in [6.07, 6.45) is 1.86. The summed E-state index contributed by atoms with van der Waals surface area (Å²) in [6, 6.07) is 43.2. The predicted octanol–water partition coefficient (Wildman–Crippen LogP) is 6.03. The van der Waals surface area contributed by atoms with Crippen LogP contribution in [0.15, 0.2) is 152 Å². The van der Waals surface area contributed by atoms with Crippen LogP contribution in [-0.4, -0.2) is 129 Å². The van der Waals surface area contributed by atoms with Crippen molar-refractivity contribution in [3.63, 3.8) is 0 Å².